The van der Waals surface area contributed by atoms with Gasteiger partial charge in [0.05, 0.1) is 15.7 Å². The van der Waals surface area contributed by atoms with Gasteiger partial charge >= 0.3 is 0 Å². The van der Waals surface area contributed by atoms with Crippen LogP contribution in [0.2, 0.25) is 10.0 Å². The zero-order valence-corrected chi connectivity index (χ0v) is 8.21. The SMILES string of the molecule is CC(=O)Nc1cc(Cl)c(Cl)cc1F. The lowest BCUT2D eigenvalue weighted by Gasteiger charge is -2.04. The average Bonchev–Trinajstić information content (AvgIpc) is 1.99. The number of rotatable bonds is 1. The minimum absolute atomic E-state index is 0.0295. The van der Waals surface area contributed by atoms with Crippen LogP contribution in [0.5, 0.6) is 0 Å². The summed E-state index contributed by atoms with van der Waals surface area (Å²) < 4.78 is 13.0. The van der Waals surface area contributed by atoms with Gasteiger partial charge in [-0.3, -0.25) is 4.79 Å². The number of benzene rings is 1. The number of carbonyl (C=O) groups is 1. The molecule has 0 saturated carbocycles. The summed E-state index contributed by atoms with van der Waals surface area (Å²) in [7, 11) is 0. The number of anilines is 1. The summed E-state index contributed by atoms with van der Waals surface area (Å²) in [4.78, 5) is 10.6. The van der Waals surface area contributed by atoms with Crippen molar-refractivity contribution in [3.63, 3.8) is 0 Å². The van der Waals surface area contributed by atoms with Gasteiger partial charge < -0.3 is 5.32 Å². The molecule has 0 unspecified atom stereocenters. The predicted octanol–water partition coefficient (Wildman–Crippen LogP) is 3.09. The summed E-state index contributed by atoms with van der Waals surface area (Å²) in [6.07, 6.45) is 0. The zero-order chi connectivity index (χ0) is 10.0. The van der Waals surface area contributed by atoms with Crippen molar-refractivity contribution in [2.75, 3.05) is 5.32 Å². The van der Waals surface area contributed by atoms with Gasteiger partial charge in [0, 0.05) is 6.92 Å². The number of halogens is 3. The van der Waals surface area contributed by atoms with E-state index >= 15 is 0 Å². The van der Waals surface area contributed by atoms with E-state index in [-0.39, 0.29) is 21.6 Å². The molecular formula is C8H6Cl2FNO. The number of carbonyl (C=O) groups excluding carboxylic acids is 1. The Hall–Kier alpha value is -0.800. The lowest BCUT2D eigenvalue weighted by molar-refractivity contribution is -0.114. The van der Waals surface area contributed by atoms with E-state index in [1.165, 1.54) is 13.0 Å². The molecule has 0 aromatic heterocycles. The molecule has 1 aromatic rings. The third-order valence-electron chi connectivity index (χ3n) is 1.32. The van der Waals surface area contributed by atoms with Crippen LogP contribution in [0.15, 0.2) is 12.1 Å². The first-order valence-electron chi connectivity index (χ1n) is 3.43. The van der Waals surface area contributed by atoms with Crippen molar-refractivity contribution in [2.45, 2.75) is 6.92 Å². The fourth-order valence-electron chi connectivity index (χ4n) is 0.808. The van der Waals surface area contributed by atoms with E-state index in [2.05, 4.69) is 5.32 Å². The van der Waals surface area contributed by atoms with Crippen molar-refractivity contribution in [1.82, 2.24) is 0 Å². The predicted molar refractivity (Wildman–Crippen MR) is 50.7 cm³/mol. The maximum atomic E-state index is 13.0. The van der Waals surface area contributed by atoms with E-state index < -0.39 is 5.82 Å². The second-order valence-corrected chi connectivity index (χ2v) is 3.24. The molecular weight excluding hydrogens is 216 g/mol. The van der Waals surface area contributed by atoms with Crippen LogP contribution in [0.4, 0.5) is 10.1 Å². The van der Waals surface area contributed by atoms with Gasteiger partial charge in [-0.25, -0.2) is 4.39 Å². The summed E-state index contributed by atoms with van der Waals surface area (Å²) in [5.41, 5.74) is 0.0295. The van der Waals surface area contributed by atoms with Gasteiger partial charge in [0.1, 0.15) is 5.82 Å². The van der Waals surface area contributed by atoms with Gasteiger partial charge in [0.15, 0.2) is 0 Å². The van der Waals surface area contributed by atoms with Crippen LogP contribution < -0.4 is 5.32 Å². The smallest absolute Gasteiger partial charge is 0.221 e. The maximum Gasteiger partial charge on any atom is 0.221 e. The minimum Gasteiger partial charge on any atom is -0.324 e. The van der Waals surface area contributed by atoms with Crippen LogP contribution in [-0.2, 0) is 4.79 Å². The highest BCUT2D eigenvalue weighted by Crippen LogP contribution is 2.27. The first-order chi connectivity index (χ1) is 6.00. The van der Waals surface area contributed by atoms with E-state index in [0.717, 1.165) is 6.07 Å². The molecule has 1 aromatic carbocycles. The second-order valence-electron chi connectivity index (χ2n) is 2.43. The van der Waals surface area contributed by atoms with E-state index in [1.807, 2.05) is 0 Å². The number of hydrogen-bond donors (Lipinski definition) is 1. The van der Waals surface area contributed by atoms with Gasteiger partial charge in [-0.15, -0.1) is 0 Å². The Morgan fingerprint density at radius 3 is 2.46 bits per heavy atom. The highest BCUT2D eigenvalue weighted by Gasteiger charge is 2.07. The van der Waals surface area contributed by atoms with E-state index in [0.29, 0.717) is 0 Å². The summed E-state index contributed by atoms with van der Waals surface area (Å²) >= 11 is 11.2. The second kappa shape index (κ2) is 3.94. The molecule has 0 aliphatic heterocycles. The molecule has 1 amide bonds. The van der Waals surface area contributed by atoms with Crippen LogP contribution in [0.1, 0.15) is 6.92 Å². The fourth-order valence-corrected chi connectivity index (χ4v) is 1.12. The lowest BCUT2D eigenvalue weighted by atomic mass is 10.3. The summed E-state index contributed by atoms with van der Waals surface area (Å²) in [5.74, 6) is -0.970. The monoisotopic (exact) mass is 221 g/mol. The standard InChI is InChI=1S/C8H6Cl2FNO/c1-4(13)12-8-3-6(10)5(9)2-7(8)11/h2-3H,1H3,(H,12,13). The number of hydrogen-bond acceptors (Lipinski definition) is 1. The van der Waals surface area contributed by atoms with Crippen molar-refractivity contribution in [3.8, 4) is 0 Å². The van der Waals surface area contributed by atoms with E-state index in [4.69, 9.17) is 23.2 Å². The Bertz CT molecular complexity index is 354. The van der Waals surface area contributed by atoms with Gasteiger partial charge in [-0.2, -0.15) is 0 Å². The molecule has 1 N–H and O–H groups in total. The number of amides is 1. The van der Waals surface area contributed by atoms with Gasteiger partial charge in [-0.1, -0.05) is 23.2 Å². The molecule has 5 heteroatoms. The van der Waals surface area contributed by atoms with Crippen LogP contribution in [0.25, 0.3) is 0 Å². The van der Waals surface area contributed by atoms with Crippen LogP contribution in [-0.4, -0.2) is 5.91 Å². The topological polar surface area (TPSA) is 29.1 Å². The first-order valence-corrected chi connectivity index (χ1v) is 4.18. The van der Waals surface area contributed by atoms with Crippen molar-refractivity contribution < 1.29 is 9.18 Å². The molecule has 2 nitrogen and oxygen atoms in total. The third kappa shape index (κ3) is 2.57. The van der Waals surface area contributed by atoms with Gasteiger partial charge in [0.25, 0.3) is 0 Å². The molecule has 70 valence electrons. The first kappa shape index (κ1) is 10.3. The van der Waals surface area contributed by atoms with Crippen molar-refractivity contribution >= 4 is 34.8 Å². The van der Waals surface area contributed by atoms with Crippen molar-refractivity contribution in [3.05, 3.63) is 28.0 Å². The Morgan fingerprint density at radius 1 is 1.38 bits per heavy atom. The normalized spacial score (nSPS) is 9.85. The van der Waals surface area contributed by atoms with Crippen molar-refractivity contribution in [2.24, 2.45) is 0 Å². The zero-order valence-electron chi connectivity index (χ0n) is 6.70. The molecule has 0 saturated heterocycles. The van der Waals surface area contributed by atoms with Crippen LogP contribution in [0.3, 0.4) is 0 Å². The molecule has 0 heterocycles. The molecule has 0 fully saturated rings. The van der Waals surface area contributed by atoms with Crippen LogP contribution >= 0.6 is 23.2 Å². The highest BCUT2D eigenvalue weighted by molar-refractivity contribution is 6.42. The number of nitrogens with one attached hydrogen (secondary N) is 1. The average molecular weight is 222 g/mol. The maximum absolute atomic E-state index is 13.0. The minimum atomic E-state index is -0.607. The van der Waals surface area contributed by atoms with E-state index in [1.54, 1.807) is 0 Å². The lowest BCUT2D eigenvalue weighted by Crippen LogP contribution is -2.07. The molecule has 13 heavy (non-hydrogen) atoms. The molecule has 0 aliphatic rings. The summed E-state index contributed by atoms with van der Waals surface area (Å²) in [5, 5.41) is 2.60. The fraction of sp³-hybridized carbons (Fsp3) is 0.125. The van der Waals surface area contributed by atoms with E-state index in [9.17, 15) is 9.18 Å². The molecule has 0 aliphatic carbocycles. The van der Waals surface area contributed by atoms with Crippen LogP contribution in [0, 0.1) is 5.82 Å². The van der Waals surface area contributed by atoms with Gasteiger partial charge in [0.2, 0.25) is 5.91 Å². The highest BCUT2D eigenvalue weighted by atomic mass is 35.5. The molecule has 0 radical (unpaired) electrons. The Labute approximate surface area is 84.6 Å². The summed E-state index contributed by atoms with van der Waals surface area (Å²) in [6.45, 7) is 1.28. The molecule has 1 rings (SSSR count). The quantitative estimate of drug-likeness (QED) is 0.726. The Balaban J connectivity index is 3.08. The Kier molecular flexibility index (Phi) is 3.12. The van der Waals surface area contributed by atoms with Crippen molar-refractivity contribution in [1.29, 1.82) is 0 Å². The van der Waals surface area contributed by atoms with Gasteiger partial charge in [-0.05, 0) is 12.1 Å². The largest absolute Gasteiger partial charge is 0.324 e. The third-order valence-corrected chi connectivity index (χ3v) is 2.04. The molecule has 0 spiro atoms. The molecule has 0 bridgehead atoms. The summed E-state index contributed by atoms with van der Waals surface area (Å²) in [6, 6.07) is 2.32. The Morgan fingerprint density at radius 2 is 1.92 bits per heavy atom. The molecule has 0 atom stereocenters.